The van der Waals surface area contributed by atoms with Gasteiger partial charge in [-0.05, 0) is 41.9 Å². The number of ether oxygens (including phenoxy) is 2. The molecule has 0 fully saturated rings. The number of amides is 2. The summed E-state index contributed by atoms with van der Waals surface area (Å²) >= 11 is 4.92. The van der Waals surface area contributed by atoms with Crippen molar-refractivity contribution in [3.63, 3.8) is 0 Å². The van der Waals surface area contributed by atoms with Crippen LogP contribution in [0.15, 0.2) is 54.6 Å². The van der Waals surface area contributed by atoms with Gasteiger partial charge in [0.15, 0.2) is 11.7 Å². The molecule has 0 unspecified atom stereocenters. The van der Waals surface area contributed by atoms with Crippen LogP contribution in [0.2, 0.25) is 0 Å². The number of hydrogen-bond acceptors (Lipinski definition) is 6. The molecular weight excluding hydrogens is 418 g/mol. The second-order valence-electron chi connectivity index (χ2n) is 6.45. The summed E-state index contributed by atoms with van der Waals surface area (Å²) in [6, 6.07) is 17.3. The molecule has 0 aliphatic carbocycles. The van der Waals surface area contributed by atoms with Crippen molar-refractivity contribution in [2.45, 2.75) is 26.2 Å². The number of benzene rings is 2. The molecule has 8 nitrogen and oxygen atoms in total. The minimum absolute atomic E-state index is 0.0439. The van der Waals surface area contributed by atoms with Crippen LogP contribution >= 0.6 is 12.2 Å². The molecule has 3 N–H and O–H groups in total. The van der Waals surface area contributed by atoms with Crippen LogP contribution in [0.3, 0.4) is 0 Å². The maximum Gasteiger partial charge on any atom is 0.306 e. The van der Waals surface area contributed by atoms with Gasteiger partial charge in [0, 0.05) is 6.42 Å². The maximum absolute atomic E-state index is 11.9. The van der Waals surface area contributed by atoms with E-state index in [1.807, 2.05) is 49.4 Å². The first-order valence-electron chi connectivity index (χ1n) is 9.80. The van der Waals surface area contributed by atoms with Gasteiger partial charge in [-0.1, -0.05) is 49.4 Å². The highest BCUT2D eigenvalue weighted by Gasteiger charge is 2.10. The van der Waals surface area contributed by atoms with Gasteiger partial charge in [0.1, 0.15) is 5.75 Å². The lowest BCUT2D eigenvalue weighted by Gasteiger charge is -2.11. The SMILES string of the molecule is CCCOC(=O)CCC(=O)NC(=S)NNC(=O)COc1ccc(-c2ccccc2)cc1. The number of esters is 1. The number of carbonyl (C=O) groups is 3. The summed E-state index contributed by atoms with van der Waals surface area (Å²) in [7, 11) is 0. The van der Waals surface area contributed by atoms with E-state index in [9.17, 15) is 14.4 Å². The summed E-state index contributed by atoms with van der Waals surface area (Å²) in [5.74, 6) is -0.847. The molecule has 0 bridgehead atoms. The van der Waals surface area contributed by atoms with Gasteiger partial charge in [-0.25, -0.2) is 0 Å². The molecule has 2 amide bonds. The molecular formula is C22H25N3O5S. The fourth-order valence-electron chi connectivity index (χ4n) is 2.41. The Morgan fingerprint density at radius 2 is 1.55 bits per heavy atom. The second-order valence-corrected chi connectivity index (χ2v) is 6.86. The van der Waals surface area contributed by atoms with Crippen molar-refractivity contribution < 1.29 is 23.9 Å². The molecule has 2 rings (SSSR count). The number of thiocarbonyl (C=S) groups is 1. The minimum Gasteiger partial charge on any atom is -0.484 e. The summed E-state index contributed by atoms with van der Waals surface area (Å²) in [5.41, 5.74) is 6.86. The number of hydrazine groups is 1. The number of nitrogens with one attached hydrogen (secondary N) is 3. The molecule has 0 saturated heterocycles. The Labute approximate surface area is 186 Å². The average Bonchev–Trinajstić information content (AvgIpc) is 2.79. The quantitative estimate of drug-likeness (QED) is 0.311. The van der Waals surface area contributed by atoms with E-state index < -0.39 is 17.8 Å². The van der Waals surface area contributed by atoms with E-state index in [0.29, 0.717) is 18.8 Å². The van der Waals surface area contributed by atoms with Crippen LogP contribution in [-0.2, 0) is 19.1 Å². The molecule has 164 valence electrons. The van der Waals surface area contributed by atoms with E-state index in [1.54, 1.807) is 12.1 Å². The molecule has 0 heterocycles. The van der Waals surface area contributed by atoms with Crippen LogP contribution in [0, 0.1) is 0 Å². The largest absolute Gasteiger partial charge is 0.484 e. The predicted octanol–water partition coefficient (Wildman–Crippen LogP) is 2.49. The molecule has 0 aliphatic rings. The van der Waals surface area contributed by atoms with Gasteiger partial charge in [0.2, 0.25) is 5.91 Å². The van der Waals surface area contributed by atoms with Crippen molar-refractivity contribution in [1.82, 2.24) is 16.2 Å². The molecule has 0 atom stereocenters. The number of hydrogen-bond donors (Lipinski definition) is 3. The highest BCUT2D eigenvalue weighted by molar-refractivity contribution is 7.80. The van der Waals surface area contributed by atoms with E-state index >= 15 is 0 Å². The summed E-state index contributed by atoms with van der Waals surface area (Å²) in [5, 5.41) is 2.27. The van der Waals surface area contributed by atoms with E-state index in [4.69, 9.17) is 21.7 Å². The Morgan fingerprint density at radius 1 is 0.871 bits per heavy atom. The van der Waals surface area contributed by atoms with Crippen LogP contribution in [0.4, 0.5) is 0 Å². The van der Waals surface area contributed by atoms with Gasteiger partial charge in [-0.15, -0.1) is 0 Å². The first-order chi connectivity index (χ1) is 15.0. The van der Waals surface area contributed by atoms with Gasteiger partial charge in [0.25, 0.3) is 5.91 Å². The third-order valence-corrected chi connectivity index (χ3v) is 4.13. The van der Waals surface area contributed by atoms with Crippen molar-refractivity contribution in [3.8, 4) is 16.9 Å². The van der Waals surface area contributed by atoms with Gasteiger partial charge >= 0.3 is 5.97 Å². The van der Waals surface area contributed by atoms with Crippen molar-refractivity contribution in [2.75, 3.05) is 13.2 Å². The van der Waals surface area contributed by atoms with E-state index in [-0.39, 0.29) is 24.6 Å². The molecule has 31 heavy (non-hydrogen) atoms. The Kier molecular flexibility index (Phi) is 9.96. The van der Waals surface area contributed by atoms with E-state index in [2.05, 4.69) is 16.2 Å². The van der Waals surface area contributed by atoms with Crippen LogP contribution in [0.25, 0.3) is 11.1 Å². The van der Waals surface area contributed by atoms with Crippen LogP contribution in [0.1, 0.15) is 26.2 Å². The molecule has 2 aromatic rings. The zero-order valence-electron chi connectivity index (χ0n) is 17.2. The number of carbonyl (C=O) groups excluding carboxylic acids is 3. The summed E-state index contributed by atoms with van der Waals surface area (Å²) in [6.07, 6.45) is 0.604. The minimum atomic E-state index is -0.480. The van der Waals surface area contributed by atoms with Crippen molar-refractivity contribution >= 4 is 35.1 Å². The zero-order chi connectivity index (χ0) is 22.5. The fraction of sp³-hybridized carbons (Fsp3) is 0.273. The molecule has 2 aromatic carbocycles. The van der Waals surface area contributed by atoms with Gasteiger partial charge in [0.05, 0.1) is 13.0 Å². The van der Waals surface area contributed by atoms with Crippen LogP contribution in [0.5, 0.6) is 5.75 Å². The highest BCUT2D eigenvalue weighted by Crippen LogP contribution is 2.21. The maximum atomic E-state index is 11.9. The van der Waals surface area contributed by atoms with E-state index in [0.717, 1.165) is 11.1 Å². The lowest BCUT2D eigenvalue weighted by Crippen LogP contribution is -2.49. The van der Waals surface area contributed by atoms with Crippen LogP contribution < -0.4 is 20.9 Å². The van der Waals surface area contributed by atoms with Gasteiger partial charge in [-0.3, -0.25) is 25.2 Å². The first kappa shape index (κ1) is 23.8. The molecule has 0 aliphatic heterocycles. The monoisotopic (exact) mass is 443 g/mol. The standard InChI is InChI=1S/C22H25N3O5S/c1-2-14-29-21(28)13-12-19(26)23-22(31)25-24-20(27)15-30-18-10-8-17(9-11-18)16-6-4-3-5-7-16/h3-11H,2,12-15H2,1H3,(H,24,27)(H2,23,25,26,31). The molecule has 0 spiro atoms. The molecule has 0 radical (unpaired) electrons. The molecule has 9 heteroatoms. The fourth-order valence-corrected chi connectivity index (χ4v) is 2.57. The second kappa shape index (κ2) is 13.0. The number of rotatable bonds is 9. The third kappa shape index (κ3) is 9.26. The molecule has 0 saturated carbocycles. The van der Waals surface area contributed by atoms with Crippen molar-refractivity contribution in [2.24, 2.45) is 0 Å². The van der Waals surface area contributed by atoms with Gasteiger partial charge in [-0.2, -0.15) is 0 Å². The first-order valence-corrected chi connectivity index (χ1v) is 10.2. The average molecular weight is 444 g/mol. The zero-order valence-corrected chi connectivity index (χ0v) is 18.0. The topological polar surface area (TPSA) is 106 Å². The van der Waals surface area contributed by atoms with E-state index in [1.165, 1.54) is 0 Å². The summed E-state index contributed by atoms with van der Waals surface area (Å²) in [6.45, 7) is 1.97. The lowest BCUT2D eigenvalue weighted by molar-refractivity contribution is -0.144. The Morgan fingerprint density at radius 3 is 2.23 bits per heavy atom. The summed E-state index contributed by atoms with van der Waals surface area (Å²) < 4.78 is 10.3. The molecule has 0 aromatic heterocycles. The smallest absolute Gasteiger partial charge is 0.306 e. The Balaban J connectivity index is 1.64. The lowest BCUT2D eigenvalue weighted by atomic mass is 10.1. The van der Waals surface area contributed by atoms with Crippen molar-refractivity contribution in [1.29, 1.82) is 0 Å². The van der Waals surface area contributed by atoms with Crippen molar-refractivity contribution in [3.05, 3.63) is 54.6 Å². The Bertz CT molecular complexity index is 888. The van der Waals surface area contributed by atoms with Gasteiger partial charge < -0.3 is 14.8 Å². The third-order valence-electron chi connectivity index (χ3n) is 3.92. The van der Waals surface area contributed by atoms with Crippen LogP contribution in [-0.4, -0.2) is 36.1 Å². The summed E-state index contributed by atoms with van der Waals surface area (Å²) in [4.78, 5) is 35.0. The normalized spacial score (nSPS) is 9.97. The predicted molar refractivity (Wildman–Crippen MR) is 120 cm³/mol. The Hall–Kier alpha value is -3.46. The highest BCUT2D eigenvalue weighted by atomic mass is 32.1.